The summed E-state index contributed by atoms with van der Waals surface area (Å²) >= 11 is 0. The van der Waals surface area contributed by atoms with Gasteiger partial charge in [0.15, 0.2) is 6.79 Å². The van der Waals surface area contributed by atoms with E-state index >= 15 is 0 Å². The molecule has 336 valence electrons. The van der Waals surface area contributed by atoms with Crippen molar-refractivity contribution in [1.82, 2.24) is 0 Å². The van der Waals surface area contributed by atoms with E-state index in [9.17, 15) is 4.79 Å². The molecule has 8 N–H and O–H groups in total. The van der Waals surface area contributed by atoms with Crippen LogP contribution in [-0.4, -0.2) is 56.1 Å². The largest absolute Gasteiger partial charge is 0.358 e. The van der Waals surface area contributed by atoms with Crippen molar-refractivity contribution in [2.24, 2.45) is 22.9 Å². The number of methoxy groups -OCH3 is 1. The van der Waals surface area contributed by atoms with Crippen molar-refractivity contribution in [3.8, 4) is 0 Å². The van der Waals surface area contributed by atoms with E-state index in [1.807, 2.05) is 77.9 Å². The summed E-state index contributed by atoms with van der Waals surface area (Å²) in [7, 11) is 1.64. The normalized spacial score (nSPS) is 14.7. The Hall–Kier alpha value is -3.20. The highest BCUT2D eigenvalue weighted by Crippen LogP contribution is 2.43. The number of ether oxygens (including phenoxy) is 2. The van der Waals surface area contributed by atoms with Crippen LogP contribution in [0.5, 0.6) is 0 Å². The summed E-state index contributed by atoms with van der Waals surface area (Å²) in [4.78, 5) is 18.4. The van der Waals surface area contributed by atoms with E-state index < -0.39 is 6.89 Å². The lowest BCUT2D eigenvalue weighted by atomic mass is 10.4. The van der Waals surface area contributed by atoms with Gasteiger partial charge in [-0.05, 0) is 88.1 Å². The number of carbonyl (C=O) groups is 2. The molecule has 0 unspecified atom stereocenters. The third-order valence-corrected chi connectivity index (χ3v) is 11.5. The van der Waals surface area contributed by atoms with Crippen LogP contribution in [0.2, 0.25) is 0 Å². The van der Waals surface area contributed by atoms with Crippen molar-refractivity contribution in [1.29, 1.82) is 0 Å². The molecule has 0 aromatic heterocycles. The molecule has 0 radical (unpaired) electrons. The van der Waals surface area contributed by atoms with Crippen LogP contribution >= 0.6 is 6.89 Å². The minimum atomic E-state index is -2.01. The summed E-state index contributed by atoms with van der Waals surface area (Å²) in [5, 5.41) is 3.79. The molecule has 5 aliphatic rings. The van der Waals surface area contributed by atoms with Gasteiger partial charge < -0.3 is 37.2 Å². The number of ketones is 1. The monoisotopic (exact) mass is 839 g/mol. The van der Waals surface area contributed by atoms with Crippen LogP contribution in [0.3, 0.4) is 0 Å². The van der Waals surface area contributed by atoms with Gasteiger partial charge in [-0.1, -0.05) is 158 Å². The Balaban J connectivity index is -0.000000720. The lowest BCUT2D eigenvalue weighted by Crippen LogP contribution is -2.27. The number of hydrogen-bond acceptors (Lipinski definition) is 8. The van der Waals surface area contributed by atoms with Crippen molar-refractivity contribution < 1.29 is 19.1 Å². The average molecular weight is 839 g/mol. The molecule has 0 heterocycles. The van der Waals surface area contributed by atoms with E-state index in [2.05, 4.69) is 86.6 Å². The second-order valence-corrected chi connectivity index (χ2v) is 16.9. The number of allylic oxidation sites excluding steroid dienone is 2. The van der Waals surface area contributed by atoms with Crippen LogP contribution in [0.4, 0.5) is 0 Å². The lowest BCUT2D eigenvalue weighted by Gasteiger charge is -2.28. The topological polar surface area (TPSA) is 157 Å². The first-order chi connectivity index (χ1) is 28.6. The number of unbranched alkanes of at least 4 members (excludes halogenated alkanes) is 1. The molecule has 5 aliphatic carbocycles. The standard InChI is InChI=1S/C21H21O2P.C4H10.C4H8.4C3H7N.C3H4O.C2H4O.2C2H6/c1-22-17-23-18-24(19-11-5-2-6-12-19,20-13-7-3-8-14-20)21-15-9-4-10-16-21;2*1-3-4-2;5*4-3-1-2-3;1-2-3;2*1-2/h2-16,18H,17H2,1H3;3-4H2,1-2H3;3-4H,1-2H3;4*3H,1-2,4H2;1-2H2;2H,1H3;2*1-2H3. The summed E-state index contributed by atoms with van der Waals surface area (Å²) in [6.07, 6.45) is 19.2. The number of rotatable bonds is 7. The zero-order valence-corrected chi connectivity index (χ0v) is 39.8. The molecule has 8 nitrogen and oxygen atoms in total. The van der Waals surface area contributed by atoms with Crippen LogP contribution in [0, 0.1) is 0 Å². The van der Waals surface area contributed by atoms with Crippen LogP contribution in [0.1, 0.15) is 139 Å². The molecule has 3 aromatic carbocycles. The van der Waals surface area contributed by atoms with E-state index in [0.717, 1.165) is 19.1 Å². The maximum absolute atomic E-state index is 9.56. The Kier molecular flexibility index (Phi) is 43.7. The average Bonchev–Trinajstić information content (AvgIpc) is 4.03. The van der Waals surface area contributed by atoms with Crippen LogP contribution in [0.25, 0.3) is 0 Å². The first kappa shape index (κ1) is 60.1. The second kappa shape index (κ2) is 42.9. The fourth-order valence-electron chi connectivity index (χ4n) is 3.27. The van der Waals surface area contributed by atoms with Gasteiger partial charge in [0.25, 0.3) is 0 Å². The number of carbonyl (C=O) groups excluding carboxylic acids is 2. The molecule has 5 fully saturated rings. The predicted molar refractivity (Wildman–Crippen MR) is 263 cm³/mol. The van der Waals surface area contributed by atoms with Crippen molar-refractivity contribution in [3.05, 3.63) is 103 Å². The molecule has 0 aliphatic heterocycles. The molecular weight excluding hydrogens is 752 g/mol. The highest BCUT2D eigenvalue weighted by atomic mass is 31.2. The van der Waals surface area contributed by atoms with E-state index in [-0.39, 0.29) is 6.79 Å². The summed E-state index contributed by atoms with van der Waals surface area (Å²) in [5.74, 6) is 2.41. The van der Waals surface area contributed by atoms with Crippen LogP contribution in [-0.2, 0) is 19.1 Å². The quantitative estimate of drug-likeness (QED) is 0.0603. The fourth-order valence-corrected chi connectivity index (χ4v) is 6.74. The highest BCUT2D eigenvalue weighted by molar-refractivity contribution is 7.94. The Morgan fingerprint density at radius 3 is 0.915 bits per heavy atom. The SMILES string of the molecule is CC.CC.CC=CC.CC=O.CCCC.COCOC=P(c1ccccc1)(c1ccccc1)c1ccccc1.NC1CC1.NC1CC1.NC1CC1.NC1CC1.O=C1CC1. The molecule has 0 bridgehead atoms. The molecule has 0 amide bonds. The zero-order chi connectivity index (χ0) is 45.2. The van der Waals surface area contributed by atoms with Gasteiger partial charge in [0.05, 0.1) is 5.98 Å². The van der Waals surface area contributed by atoms with Gasteiger partial charge in [-0.15, -0.1) is 0 Å². The Morgan fingerprint density at radius 2 is 0.780 bits per heavy atom. The third-order valence-electron chi connectivity index (χ3n) is 7.68. The number of hydrogen-bond donors (Lipinski definition) is 4. The van der Waals surface area contributed by atoms with E-state index in [1.165, 1.54) is 87.0 Å². The molecule has 9 heteroatoms. The molecule has 5 saturated carbocycles. The number of Topliss-reactive ketones (excluding diaryl/α,β-unsaturated/α-hetero) is 1. The van der Waals surface area contributed by atoms with Crippen molar-refractivity contribution in [2.45, 2.75) is 164 Å². The zero-order valence-electron chi connectivity index (χ0n) is 38.9. The highest BCUT2D eigenvalue weighted by Gasteiger charge is 2.25. The Morgan fingerprint density at radius 1 is 0.559 bits per heavy atom. The molecule has 0 spiro atoms. The molecule has 0 atom stereocenters. The van der Waals surface area contributed by atoms with Crippen LogP contribution in [0.15, 0.2) is 103 Å². The molecule has 3 aromatic rings. The molecule has 8 rings (SSSR count). The van der Waals surface area contributed by atoms with Crippen molar-refractivity contribution in [2.75, 3.05) is 13.9 Å². The van der Waals surface area contributed by atoms with Gasteiger partial charge in [0, 0.05) is 51.0 Å². The number of benzene rings is 3. The van der Waals surface area contributed by atoms with Gasteiger partial charge in [0.2, 0.25) is 0 Å². The first-order valence-corrected chi connectivity index (χ1v) is 24.0. The van der Waals surface area contributed by atoms with E-state index in [0.29, 0.717) is 30.0 Å². The predicted octanol–water partition coefficient (Wildman–Crippen LogP) is 9.79. The van der Waals surface area contributed by atoms with E-state index in [4.69, 9.17) is 37.2 Å². The van der Waals surface area contributed by atoms with Crippen LogP contribution < -0.4 is 38.8 Å². The second-order valence-electron chi connectivity index (χ2n) is 13.7. The maximum Gasteiger partial charge on any atom is 0.151 e. The molecule has 59 heavy (non-hydrogen) atoms. The summed E-state index contributed by atoms with van der Waals surface area (Å²) < 4.78 is 10.9. The minimum Gasteiger partial charge on any atom is -0.358 e. The van der Waals surface area contributed by atoms with E-state index in [1.54, 1.807) is 7.11 Å². The maximum atomic E-state index is 9.56. The third kappa shape index (κ3) is 40.0. The van der Waals surface area contributed by atoms with Gasteiger partial charge in [-0.3, -0.25) is 4.79 Å². The lowest BCUT2D eigenvalue weighted by molar-refractivity contribution is -0.110. The Bertz CT molecular complexity index is 1250. The van der Waals surface area contributed by atoms with Gasteiger partial charge >= 0.3 is 0 Å². The van der Waals surface area contributed by atoms with Crippen molar-refractivity contribution in [3.63, 3.8) is 0 Å². The minimum absolute atomic E-state index is 0.244. The van der Waals surface area contributed by atoms with Gasteiger partial charge in [-0.25, -0.2) is 0 Å². The first-order valence-electron chi connectivity index (χ1n) is 22.1. The summed E-state index contributed by atoms with van der Waals surface area (Å²) in [6, 6.07) is 34.1. The fraction of sp³-hybridized carbons (Fsp3) is 0.540. The Labute approximate surface area is 362 Å². The van der Waals surface area contributed by atoms with Gasteiger partial charge in [-0.2, -0.15) is 0 Å². The summed E-state index contributed by atoms with van der Waals surface area (Å²) in [6.45, 7) is 16.0. The summed E-state index contributed by atoms with van der Waals surface area (Å²) in [5.41, 5.74) is 20.9. The smallest absolute Gasteiger partial charge is 0.151 e. The number of aldehydes is 1. The molecular formula is C50H87N4O4P. The van der Waals surface area contributed by atoms with Crippen molar-refractivity contribution >= 4 is 40.9 Å². The molecule has 0 saturated heterocycles. The van der Waals surface area contributed by atoms with Gasteiger partial charge in [0.1, 0.15) is 12.1 Å². The number of nitrogens with two attached hydrogens (primary N) is 4.